The first-order valence-corrected chi connectivity index (χ1v) is 8.96. The first-order valence-electron chi connectivity index (χ1n) is 7.14. The van der Waals surface area contributed by atoms with Crippen LogP contribution in [-0.4, -0.2) is 17.3 Å². The lowest BCUT2D eigenvalue weighted by atomic mass is 10.1. The second-order valence-electron chi connectivity index (χ2n) is 5.22. The summed E-state index contributed by atoms with van der Waals surface area (Å²) in [6.07, 6.45) is 1.86. The number of nitro groups is 1. The van der Waals surface area contributed by atoms with E-state index in [2.05, 4.69) is 0 Å². The van der Waals surface area contributed by atoms with Gasteiger partial charge in [-0.15, -0.1) is 0 Å². The summed E-state index contributed by atoms with van der Waals surface area (Å²) in [5, 5.41) is 12.3. The quantitative estimate of drug-likeness (QED) is 0.517. The number of aromatic nitrogens is 1. The standard InChI is InChI=1S/C16H13ClN2O4S/c1-2-11-4-6-14(10-16(11)19(20)21)24(22,23)18-8-7-12-3-5-13(17)9-15(12)18/h3-10H,2H2,1H3. The van der Waals surface area contributed by atoms with Crippen LogP contribution in [0.3, 0.4) is 0 Å². The van der Waals surface area contributed by atoms with E-state index < -0.39 is 14.9 Å². The molecule has 1 aromatic heterocycles. The van der Waals surface area contributed by atoms with Gasteiger partial charge in [-0.2, -0.15) is 0 Å². The summed E-state index contributed by atoms with van der Waals surface area (Å²) in [7, 11) is -3.97. The molecule has 24 heavy (non-hydrogen) atoms. The van der Waals surface area contributed by atoms with E-state index in [0.29, 0.717) is 27.9 Å². The van der Waals surface area contributed by atoms with E-state index in [9.17, 15) is 18.5 Å². The van der Waals surface area contributed by atoms with Gasteiger partial charge in [-0.3, -0.25) is 10.1 Å². The zero-order valence-corrected chi connectivity index (χ0v) is 14.2. The number of halogens is 1. The largest absolute Gasteiger partial charge is 0.273 e. The minimum absolute atomic E-state index is 0.135. The maximum atomic E-state index is 12.9. The second kappa shape index (κ2) is 5.92. The van der Waals surface area contributed by atoms with Crippen LogP contribution in [0.15, 0.2) is 53.6 Å². The van der Waals surface area contributed by atoms with E-state index in [1.54, 1.807) is 31.2 Å². The van der Waals surface area contributed by atoms with Gasteiger partial charge in [0.2, 0.25) is 0 Å². The first-order chi connectivity index (χ1) is 11.3. The molecule has 0 atom stereocenters. The summed E-state index contributed by atoms with van der Waals surface area (Å²) in [4.78, 5) is 10.5. The Kier molecular flexibility index (Phi) is 4.06. The molecule has 0 saturated heterocycles. The van der Waals surface area contributed by atoms with Crippen molar-refractivity contribution in [2.75, 3.05) is 0 Å². The van der Waals surface area contributed by atoms with Gasteiger partial charge in [0.25, 0.3) is 15.7 Å². The van der Waals surface area contributed by atoms with Crippen LogP contribution in [0, 0.1) is 10.1 Å². The van der Waals surface area contributed by atoms with Crippen LogP contribution in [0.5, 0.6) is 0 Å². The fourth-order valence-corrected chi connectivity index (χ4v) is 4.11. The minimum atomic E-state index is -3.97. The molecule has 0 aliphatic carbocycles. The second-order valence-corrected chi connectivity index (χ2v) is 7.47. The van der Waals surface area contributed by atoms with Crippen molar-refractivity contribution in [1.82, 2.24) is 3.97 Å². The lowest BCUT2D eigenvalue weighted by Gasteiger charge is -2.09. The molecular weight excluding hydrogens is 352 g/mol. The minimum Gasteiger partial charge on any atom is -0.258 e. The highest BCUT2D eigenvalue weighted by Gasteiger charge is 2.23. The average molecular weight is 365 g/mol. The van der Waals surface area contributed by atoms with Crippen LogP contribution in [-0.2, 0) is 16.4 Å². The van der Waals surface area contributed by atoms with E-state index >= 15 is 0 Å². The monoisotopic (exact) mass is 364 g/mol. The predicted octanol–water partition coefficient (Wildman–Crippen LogP) is 4.00. The molecule has 0 bridgehead atoms. The number of benzene rings is 2. The highest BCUT2D eigenvalue weighted by molar-refractivity contribution is 7.90. The third-order valence-corrected chi connectivity index (χ3v) is 5.73. The summed E-state index contributed by atoms with van der Waals surface area (Å²) in [6.45, 7) is 1.78. The molecule has 0 amide bonds. The van der Waals surface area contributed by atoms with Gasteiger partial charge in [0, 0.05) is 28.2 Å². The van der Waals surface area contributed by atoms with E-state index in [0.717, 1.165) is 10.0 Å². The van der Waals surface area contributed by atoms with Crippen molar-refractivity contribution in [3.05, 3.63) is 69.4 Å². The Hall–Kier alpha value is -2.38. The van der Waals surface area contributed by atoms with Crippen LogP contribution >= 0.6 is 11.6 Å². The van der Waals surface area contributed by atoms with Gasteiger partial charge in [0.15, 0.2) is 0 Å². The zero-order valence-electron chi connectivity index (χ0n) is 12.6. The average Bonchev–Trinajstić information content (AvgIpc) is 2.97. The Balaban J connectivity index is 2.22. The molecule has 0 saturated carbocycles. The van der Waals surface area contributed by atoms with Crippen LogP contribution in [0.1, 0.15) is 12.5 Å². The zero-order chi connectivity index (χ0) is 17.5. The SMILES string of the molecule is CCc1ccc(S(=O)(=O)n2ccc3ccc(Cl)cc32)cc1[N+](=O)[O-]. The number of fused-ring (bicyclic) bond motifs is 1. The van der Waals surface area contributed by atoms with Crippen LogP contribution in [0.25, 0.3) is 10.9 Å². The lowest BCUT2D eigenvalue weighted by molar-refractivity contribution is -0.385. The van der Waals surface area contributed by atoms with E-state index in [-0.39, 0.29) is 10.6 Å². The Morgan fingerprint density at radius 2 is 1.92 bits per heavy atom. The number of rotatable bonds is 4. The molecule has 124 valence electrons. The lowest BCUT2D eigenvalue weighted by Crippen LogP contribution is -2.12. The Morgan fingerprint density at radius 3 is 2.58 bits per heavy atom. The maximum Gasteiger partial charge on any atom is 0.273 e. The molecule has 0 radical (unpaired) electrons. The molecule has 0 N–H and O–H groups in total. The Morgan fingerprint density at radius 1 is 1.17 bits per heavy atom. The Labute approximate surface area is 143 Å². The third-order valence-electron chi connectivity index (χ3n) is 3.81. The van der Waals surface area contributed by atoms with Gasteiger partial charge in [-0.25, -0.2) is 12.4 Å². The molecule has 8 heteroatoms. The fourth-order valence-electron chi connectivity index (χ4n) is 2.57. The van der Waals surface area contributed by atoms with Crippen molar-refractivity contribution >= 4 is 38.2 Å². The highest BCUT2D eigenvalue weighted by Crippen LogP contribution is 2.28. The summed E-state index contributed by atoms with van der Waals surface area (Å²) >= 11 is 5.95. The molecule has 0 aliphatic heterocycles. The van der Waals surface area contributed by atoms with Crippen LogP contribution in [0.4, 0.5) is 5.69 Å². The van der Waals surface area contributed by atoms with Gasteiger partial charge in [0.05, 0.1) is 15.3 Å². The topological polar surface area (TPSA) is 82.2 Å². The number of nitro benzene ring substituents is 1. The normalized spacial score (nSPS) is 11.8. The van der Waals surface area contributed by atoms with E-state index in [1.165, 1.54) is 18.3 Å². The maximum absolute atomic E-state index is 12.9. The van der Waals surface area contributed by atoms with Crippen LogP contribution in [0.2, 0.25) is 5.02 Å². The Bertz CT molecular complexity index is 1060. The number of aryl methyl sites for hydroxylation is 1. The summed E-state index contributed by atoms with van der Waals surface area (Å²) in [5.41, 5.74) is 0.706. The fraction of sp³-hybridized carbons (Fsp3) is 0.125. The third kappa shape index (κ3) is 2.65. The molecule has 0 fully saturated rings. The van der Waals surface area contributed by atoms with Crippen molar-refractivity contribution in [1.29, 1.82) is 0 Å². The van der Waals surface area contributed by atoms with Gasteiger partial charge in [-0.05, 0) is 30.7 Å². The molecule has 2 aromatic carbocycles. The summed E-state index contributed by atoms with van der Waals surface area (Å²) < 4.78 is 26.9. The van der Waals surface area contributed by atoms with Crippen molar-refractivity contribution in [2.45, 2.75) is 18.2 Å². The molecule has 1 heterocycles. The first kappa shape index (κ1) is 16.5. The molecule has 6 nitrogen and oxygen atoms in total. The number of nitrogens with zero attached hydrogens (tertiary/aromatic N) is 2. The molecular formula is C16H13ClN2O4S. The highest BCUT2D eigenvalue weighted by atomic mass is 35.5. The number of hydrogen-bond donors (Lipinski definition) is 0. The van der Waals surface area contributed by atoms with Gasteiger partial charge < -0.3 is 0 Å². The smallest absolute Gasteiger partial charge is 0.258 e. The van der Waals surface area contributed by atoms with Crippen molar-refractivity contribution in [3.63, 3.8) is 0 Å². The number of hydrogen-bond acceptors (Lipinski definition) is 4. The van der Waals surface area contributed by atoms with Gasteiger partial charge in [0.1, 0.15) is 0 Å². The van der Waals surface area contributed by atoms with Crippen molar-refractivity contribution in [2.24, 2.45) is 0 Å². The summed E-state index contributed by atoms with van der Waals surface area (Å²) in [6, 6.07) is 10.5. The predicted molar refractivity (Wildman–Crippen MR) is 92.0 cm³/mol. The van der Waals surface area contributed by atoms with E-state index in [1.807, 2.05) is 0 Å². The molecule has 3 aromatic rings. The van der Waals surface area contributed by atoms with Gasteiger partial charge in [-0.1, -0.05) is 30.7 Å². The van der Waals surface area contributed by atoms with Crippen LogP contribution < -0.4 is 0 Å². The molecule has 0 unspecified atom stereocenters. The molecule has 3 rings (SSSR count). The summed E-state index contributed by atoms with van der Waals surface area (Å²) in [5.74, 6) is 0. The van der Waals surface area contributed by atoms with Gasteiger partial charge >= 0.3 is 0 Å². The van der Waals surface area contributed by atoms with E-state index in [4.69, 9.17) is 11.6 Å². The molecule has 0 spiro atoms. The van der Waals surface area contributed by atoms with Crippen molar-refractivity contribution < 1.29 is 13.3 Å². The van der Waals surface area contributed by atoms with Crippen molar-refractivity contribution in [3.8, 4) is 0 Å². The molecule has 0 aliphatic rings.